The van der Waals surface area contributed by atoms with Gasteiger partial charge in [0.25, 0.3) is 0 Å². The van der Waals surface area contributed by atoms with Gasteiger partial charge < -0.3 is 11.1 Å². The van der Waals surface area contributed by atoms with Crippen molar-refractivity contribution in [3.8, 4) is 6.07 Å². The number of aromatic nitrogens is 3. The number of anilines is 1. The SMILES string of the molecule is Cc1ccc([C@H]2Nc3ncnn3C(N)=C2C#N)cc1C. The lowest BCUT2D eigenvalue weighted by atomic mass is 9.95. The van der Waals surface area contributed by atoms with Gasteiger partial charge in [-0.2, -0.15) is 20.0 Å². The zero-order valence-corrected chi connectivity index (χ0v) is 11.3. The molecule has 2 heterocycles. The van der Waals surface area contributed by atoms with Crippen molar-refractivity contribution < 1.29 is 0 Å². The first-order valence-corrected chi connectivity index (χ1v) is 6.25. The largest absolute Gasteiger partial charge is 0.383 e. The normalized spacial score (nSPS) is 17.4. The first kappa shape index (κ1) is 12.2. The Kier molecular flexibility index (Phi) is 2.68. The van der Waals surface area contributed by atoms with E-state index in [2.05, 4.69) is 34.5 Å². The molecule has 6 heteroatoms. The molecule has 1 aromatic heterocycles. The molecule has 0 saturated heterocycles. The monoisotopic (exact) mass is 266 g/mol. The molecule has 2 aromatic rings. The van der Waals surface area contributed by atoms with Gasteiger partial charge in [0.2, 0.25) is 5.95 Å². The second-order valence-electron chi connectivity index (χ2n) is 4.83. The second-order valence-corrected chi connectivity index (χ2v) is 4.83. The van der Waals surface area contributed by atoms with E-state index in [1.54, 1.807) is 0 Å². The van der Waals surface area contributed by atoms with E-state index in [1.165, 1.54) is 22.1 Å². The molecule has 0 radical (unpaired) electrons. The molecule has 1 atom stereocenters. The Morgan fingerprint density at radius 3 is 2.85 bits per heavy atom. The quantitative estimate of drug-likeness (QED) is 0.819. The fraction of sp³-hybridized carbons (Fsp3) is 0.214. The van der Waals surface area contributed by atoms with Crippen molar-refractivity contribution in [1.82, 2.24) is 14.8 Å². The maximum Gasteiger partial charge on any atom is 0.228 e. The number of rotatable bonds is 1. The summed E-state index contributed by atoms with van der Waals surface area (Å²) in [7, 11) is 0. The number of nitrogens with zero attached hydrogens (tertiary/aromatic N) is 4. The van der Waals surface area contributed by atoms with Gasteiger partial charge in [-0.15, -0.1) is 0 Å². The highest BCUT2D eigenvalue weighted by atomic mass is 15.4. The van der Waals surface area contributed by atoms with Crippen LogP contribution in [0.5, 0.6) is 0 Å². The van der Waals surface area contributed by atoms with Crippen molar-refractivity contribution in [3.63, 3.8) is 0 Å². The molecule has 1 aliphatic heterocycles. The van der Waals surface area contributed by atoms with Gasteiger partial charge in [-0.1, -0.05) is 18.2 Å². The molecule has 3 N–H and O–H groups in total. The summed E-state index contributed by atoms with van der Waals surface area (Å²) < 4.78 is 1.44. The molecule has 3 rings (SSSR count). The second kappa shape index (κ2) is 4.38. The fourth-order valence-corrected chi connectivity index (χ4v) is 2.30. The standard InChI is InChI=1S/C14H14N6/c1-8-3-4-10(5-9(8)2)12-11(6-15)13(16)20-14(19-12)17-7-18-20/h3-5,7,12H,16H2,1-2H3,(H,17,18,19)/t12-/m1/s1. The Labute approximate surface area is 116 Å². The molecule has 0 spiro atoms. The molecule has 0 amide bonds. The van der Waals surface area contributed by atoms with Crippen LogP contribution in [0.15, 0.2) is 30.1 Å². The molecular weight excluding hydrogens is 252 g/mol. The lowest BCUT2D eigenvalue weighted by molar-refractivity contribution is 0.794. The third-order valence-electron chi connectivity index (χ3n) is 3.60. The van der Waals surface area contributed by atoms with Crippen LogP contribution in [-0.4, -0.2) is 14.8 Å². The number of fused-ring (bicyclic) bond motifs is 1. The first-order chi connectivity index (χ1) is 9.61. The van der Waals surface area contributed by atoms with Crippen LogP contribution < -0.4 is 11.1 Å². The Morgan fingerprint density at radius 1 is 1.35 bits per heavy atom. The predicted molar refractivity (Wildman–Crippen MR) is 75.3 cm³/mol. The highest BCUT2D eigenvalue weighted by Gasteiger charge is 2.28. The number of hydrogen-bond donors (Lipinski definition) is 2. The first-order valence-electron chi connectivity index (χ1n) is 6.25. The molecule has 1 aliphatic rings. The van der Waals surface area contributed by atoms with E-state index in [9.17, 15) is 5.26 Å². The molecule has 20 heavy (non-hydrogen) atoms. The van der Waals surface area contributed by atoms with Gasteiger partial charge in [0, 0.05) is 0 Å². The van der Waals surface area contributed by atoms with Crippen LogP contribution in [0.4, 0.5) is 5.95 Å². The van der Waals surface area contributed by atoms with E-state index in [-0.39, 0.29) is 6.04 Å². The lowest BCUT2D eigenvalue weighted by Gasteiger charge is -2.25. The van der Waals surface area contributed by atoms with Crippen LogP contribution >= 0.6 is 0 Å². The van der Waals surface area contributed by atoms with E-state index in [0.29, 0.717) is 17.3 Å². The zero-order chi connectivity index (χ0) is 14.3. The van der Waals surface area contributed by atoms with Crippen molar-refractivity contribution in [2.45, 2.75) is 19.9 Å². The highest BCUT2D eigenvalue weighted by molar-refractivity contribution is 5.65. The molecule has 6 nitrogen and oxygen atoms in total. The third kappa shape index (κ3) is 1.72. The number of aryl methyl sites for hydroxylation is 2. The van der Waals surface area contributed by atoms with Gasteiger partial charge in [-0.05, 0) is 30.5 Å². The number of nitrogens with two attached hydrogens (primary N) is 1. The van der Waals surface area contributed by atoms with E-state index < -0.39 is 0 Å². The minimum absolute atomic E-state index is 0.295. The van der Waals surface area contributed by atoms with Crippen LogP contribution in [0.25, 0.3) is 5.82 Å². The van der Waals surface area contributed by atoms with Crippen molar-refractivity contribution in [2.24, 2.45) is 5.73 Å². The van der Waals surface area contributed by atoms with Crippen LogP contribution in [0.2, 0.25) is 0 Å². The van der Waals surface area contributed by atoms with Crippen molar-refractivity contribution in [1.29, 1.82) is 5.26 Å². The molecule has 0 aliphatic carbocycles. The maximum atomic E-state index is 9.39. The third-order valence-corrected chi connectivity index (χ3v) is 3.60. The summed E-state index contributed by atoms with van der Waals surface area (Å²) in [6, 6.07) is 7.97. The van der Waals surface area contributed by atoms with Crippen molar-refractivity contribution >= 4 is 11.8 Å². The van der Waals surface area contributed by atoms with Gasteiger partial charge in [-0.3, -0.25) is 0 Å². The van der Waals surface area contributed by atoms with E-state index in [0.717, 1.165) is 5.56 Å². The highest BCUT2D eigenvalue weighted by Crippen LogP contribution is 2.32. The molecule has 0 bridgehead atoms. The van der Waals surface area contributed by atoms with Crippen molar-refractivity contribution in [3.05, 3.63) is 46.8 Å². The van der Waals surface area contributed by atoms with Crippen LogP contribution in [0.1, 0.15) is 22.7 Å². The van der Waals surface area contributed by atoms with Crippen molar-refractivity contribution in [2.75, 3.05) is 5.32 Å². The predicted octanol–water partition coefficient (Wildman–Crippen LogP) is 1.71. The summed E-state index contributed by atoms with van der Waals surface area (Å²) >= 11 is 0. The summed E-state index contributed by atoms with van der Waals surface area (Å²) in [5.41, 5.74) is 9.84. The van der Waals surface area contributed by atoms with E-state index in [4.69, 9.17) is 5.73 Å². The summed E-state index contributed by atoms with van der Waals surface area (Å²) in [5.74, 6) is 0.867. The maximum absolute atomic E-state index is 9.39. The number of hydrogen-bond acceptors (Lipinski definition) is 5. The molecule has 0 unspecified atom stereocenters. The van der Waals surface area contributed by atoms with Gasteiger partial charge in [-0.25, -0.2) is 0 Å². The number of nitrogens with one attached hydrogen (secondary N) is 1. The van der Waals surface area contributed by atoms with Crippen LogP contribution in [0, 0.1) is 25.2 Å². The van der Waals surface area contributed by atoms with E-state index >= 15 is 0 Å². The average Bonchev–Trinajstić information content (AvgIpc) is 2.90. The Bertz CT molecular complexity index is 749. The smallest absolute Gasteiger partial charge is 0.228 e. The Balaban J connectivity index is 2.13. The Morgan fingerprint density at radius 2 is 2.15 bits per heavy atom. The minimum atomic E-state index is -0.295. The van der Waals surface area contributed by atoms with Gasteiger partial charge in [0.15, 0.2) is 0 Å². The molecule has 0 saturated carbocycles. The minimum Gasteiger partial charge on any atom is -0.383 e. The van der Waals surface area contributed by atoms with E-state index in [1.807, 2.05) is 19.1 Å². The fourth-order valence-electron chi connectivity index (χ4n) is 2.30. The van der Waals surface area contributed by atoms with Gasteiger partial charge in [0.1, 0.15) is 18.2 Å². The average molecular weight is 266 g/mol. The zero-order valence-electron chi connectivity index (χ0n) is 11.3. The summed E-state index contributed by atoms with van der Waals surface area (Å²) in [5, 5.41) is 16.6. The summed E-state index contributed by atoms with van der Waals surface area (Å²) in [4.78, 5) is 4.11. The molecule has 0 fully saturated rings. The summed E-state index contributed by atoms with van der Waals surface area (Å²) in [6.45, 7) is 4.10. The lowest BCUT2D eigenvalue weighted by Crippen LogP contribution is -2.27. The van der Waals surface area contributed by atoms with Gasteiger partial charge in [0.05, 0.1) is 11.6 Å². The molecule has 1 aromatic carbocycles. The van der Waals surface area contributed by atoms with Gasteiger partial charge >= 0.3 is 0 Å². The number of nitriles is 1. The number of benzene rings is 1. The Hall–Kier alpha value is -2.81. The summed E-state index contributed by atoms with van der Waals surface area (Å²) in [6.07, 6.45) is 1.41. The molecule has 100 valence electrons. The topological polar surface area (TPSA) is 92.6 Å². The van der Waals surface area contributed by atoms with Crippen LogP contribution in [-0.2, 0) is 0 Å². The molecular formula is C14H14N6. The van der Waals surface area contributed by atoms with Crippen LogP contribution in [0.3, 0.4) is 0 Å².